The third kappa shape index (κ3) is 0.797. The van der Waals surface area contributed by atoms with Crippen molar-refractivity contribution in [3.8, 4) is 0 Å². The van der Waals surface area contributed by atoms with Crippen LogP contribution in [0.5, 0.6) is 0 Å². The van der Waals surface area contributed by atoms with Crippen LogP contribution in [0.1, 0.15) is 0 Å². The van der Waals surface area contributed by atoms with E-state index < -0.39 is 6.10 Å². The van der Waals surface area contributed by atoms with Crippen LogP contribution >= 0.6 is 11.8 Å². The number of hydrogen-bond donors (Lipinski definition) is 1. The standard InChI is InChI=1S/C6H10O3S/c1-8-6-4(7)5-3(9-6)2-10-5/h3-7H,2H2,1H3/t3-,4-,5+,6-/m1/s1. The van der Waals surface area contributed by atoms with Gasteiger partial charge in [-0.25, -0.2) is 0 Å². The van der Waals surface area contributed by atoms with Crippen molar-refractivity contribution in [2.45, 2.75) is 23.7 Å². The molecule has 2 fully saturated rings. The third-order valence-electron chi connectivity index (χ3n) is 1.98. The van der Waals surface area contributed by atoms with Crippen LogP contribution in [0.4, 0.5) is 0 Å². The summed E-state index contributed by atoms with van der Waals surface area (Å²) in [4.78, 5) is 0. The number of thioether (sulfide) groups is 1. The molecule has 3 nitrogen and oxygen atoms in total. The van der Waals surface area contributed by atoms with Gasteiger partial charge in [-0.3, -0.25) is 0 Å². The molecule has 4 heteroatoms. The summed E-state index contributed by atoms with van der Waals surface area (Å²) in [5.74, 6) is 1.00. The Labute approximate surface area is 63.7 Å². The highest BCUT2D eigenvalue weighted by molar-refractivity contribution is 8.01. The minimum absolute atomic E-state index is 0.241. The molecule has 1 N–H and O–H groups in total. The van der Waals surface area contributed by atoms with Crippen LogP contribution in [0.2, 0.25) is 0 Å². The normalized spacial score (nSPS) is 52.2. The van der Waals surface area contributed by atoms with Crippen molar-refractivity contribution in [3.63, 3.8) is 0 Å². The zero-order valence-electron chi connectivity index (χ0n) is 5.69. The minimum Gasteiger partial charge on any atom is -0.387 e. The summed E-state index contributed by atoms with van der Waals surface area (Å²) in [6.07, 6.45) is -0.566. The first-order chi connectivity index (χ1) is 4.83. The third-order valence-corrected chi connectivity index (χ3v) is 3.46. The molecule has 0 amide bonds. The van der Waals surface area contributed by atoms with Crippen molar-refractivity contribution in [2.24, 2.45) is 0 Å². The molecule has 0 radical (unpaired) electrons. The summed E-state index contributed by atoms with van der Waals surface area (Å²) in [6, 6.07) is 0. The maximum Gasteiger partial charge on any atom is 0.184 e. The molecule has 0 spiro atoms. The smallest absolute Gasteiger partial charge is 0.184 e. The van der Waals surface area contributed by atoms with Gasteiger partial charge in [-0.1, -0.05) is 0 Å². The lowest BCUT2D eigenvalue weighted by atomic mass is 10.2. The van der Waals surface area contributed by atoms with Gasteiger partial charge in [0.25, 0.3) is 0 Å². The number of ether oxygens (including phenoxy) is 2. The largest absolute Gasteiger partial charge is 0.387 e. The first-order valence-electron chi connectivity index (χ1n) is 3.31. The lowest BCUT2D eigenvalue weighted by molar-refractivity contribution is -0.144. The van der Waals surface area contributed by atoms with E-state index in [2.05, 4.69) is 0 Å². The number of methoxy groups -OCH3 is 1. The molecule has 2 aliphatic heterocycles. The number of aliphatic hydroxyl groups is 1. The molecule has 4 atom stereocenters. The van der Waals surface area contributed by atoms with Gasteiger partial charge in [-0.2, -0.15) is 11.8 Å². The number of rotatable bonds is 1. The Bertz CT molecular complexity index is 141. The van der Waals surface area contributed by atoms with Gasteiger partial charge in [0.15, 0.2) is 6.29 Å². The minimum atomic E-state index is -0.422. The number of fused-ring (bicyclic) bond motifs is 1. The summed E-state index contributed by atoms with van der Waals surface area (Å²) in [5, 5.41) is 9.68. The fourth-order valence-corrected chi connectivity index (χ4v) is 2.36. The van der Waals surface area contributed by atoms with Crippen molar-refractivity contribution < 1.29 is 14.6 Å². The average molecular weight is 162 g/mol. The molecule has 0 saturated carbocycles. The Hall–Kier alpha value is 0.230. The highest BCUT2D eigenvalue weighted by Crippen LogP contribution is 2.41. The number of hydrogen-bond acceptors (Lipinski definition) is 4. The predicted molar refractivity (Wildman–Crippen MR) is 37.9 cm³/mol. The molecule has 0 aromatic rings. The van der Waals surface area contributed by atoms with Gasteiger partial charge >= 0.3 is 0 Å². The van der Waals surface area contributed by atoms with Crippen LogP contribution in [0.25, 0.3) is 0 Å². The van der Waals surface area contributed by atoms with Gasteiger partial charge in [0.2, 0.25) is 0 Å². The Kier molecular flexibility index (Phi) is 1.64. The van der Waals surface area contributed by atoms with Crippen molar-refractivity contribution in [2.75, 3.05) is 12.9 Å². The molecule has 0 bridgehead atoms. The van der Waals surface area contributed by atoms with E-state index in [0.29, 0.717) is 0 Å². The zero-order chi connectivity index (χ0) is 7.14. The van der Waals surface area contributed by atoms with E-state index >= 15 is 0 Å². The number of aliphatic hydroxyl groups excluding tert-OH is 1. The Morgan fingerprint density at radius 1 is 1.70 bits per heavy atom. The van der Waals surface area contributed by atoms with Crippen molar-refractivity contribution >= 4 is 11.8 Å². The first kappa shape index (κ1) is 6.91. The molecular weight excluding hydrogens is 152 g/mol. The summed E-state index contributed by atoms with van der Waals surface area (Å²) in [5.41, 5.74) is 0. The Morgan fingerprint density at radius 3 is 2.80 bits per heavy atom. The molecule has 2 aliphatic rings. The fourth-order valence-electron chi connectivity index (χ4n) is 1.32. The molecule has 2 rings (SSSR count). The van der Waals surface area contributed by atoms with Crippen LogP contribution in [-0.2, 0) is 9.47 Å². The highest BCUT2D eigenvalue weighted by Gasteiger charge is 2.49. The summed E-state index contributed by atoms with van der Waals surface area (Å²) < 4.78 is 10.2. The van der Waals surface area contributed by atoms with Crippen molar-refractivity contribution in [1.29, 1.82) is 0 Å². The quantitative estimate of drug-likeness (QED) is 0.581. The fraction of sp³-hybridized carbons (Fsp3) is 1.00. The maximum atomic E-state index is 9.41. The van der Waals surface area contributed by atoms with Gasteiger partial charge in [-0.05, 0) is 0 Å². The van der Waals surface area contributed by atoms with E-state index in [1.807, 2.05) is 0 Å². The first-order valence-corrected chi connectivity index (χ1v) is 4.35. The molecule has 0 unspecified atom stereocenters. The molecule has 10 heavy (non-hydrogen) atoms. The molecular formula is C6H10O3S. The highest BCUT2D eigenvalue weighted by atomic mass is 32.2. The Balaban J connectivity index is 2.02. The summed E-state index contributed by atoms with van der Waals surface area (Å²) in [7, 11) is 1.56. The summed E-state index contributed by atoms with van der Waals surface area (Å²) >= 11 is 1.75. The van der Waals surface area contributed by atoms with E-state index in [-0.39, 0.29) is 17.6 Å². The van der Waals surface area contributed by atoms with Gasteiger partial charge in [-0.15, -0.1) is 0 Å². The average Bonchev–Trinajstić information content (AvgIpc) is 2.05. The lowest BCUT2D eigenvalue weighted by Crippen LogP contribution is -2.38. The zero-order valence-corrected chi connectivity index (χ0v) is 6.50. The van der Waals surface area contributed by atoms with Gasteiger partial charge in [0.1, 0.15) is 6.10 Å². The molecule has 0 aliphatic carbocycles. The summed E-state index contributed by atoms with van der Waals surface area (Å²) in [6.45, 7) is 0. The van der Waals surface area contributed by atoms with E-state index in [9.17, 15) is 5.11 Å². The lowest BCUT2D eigenvalue weighted by Gasteiger charge is -2.28. The molecule has 0 aromatic carbocycles. The van der Waals surface area contributed by atoms with Crippen LogP contribution in [-0.4, -0.2) is 41.7 Å². The van der Waals surface area contributed by atoms with Gasteiger partial charge in [0, 0.05) is 12.9 Å². The molecule has 2 saturated heterocycles. The van der Waals surface area contributed by atoms with Crippen molar-refractivity contribution in [3.05, 3.63) is 0 Å². The van der Waals surface area contributed by atoms with Gasteiger partial charge in [0.05, 0.1) is 11.4 Å². The van der Waals surface area contributed by atoms with E-state index in [1.165, 1.54) is 0 Å². The topological polar surface area (TPSA) is 38.7 Å². The van der Waals surface area contributed by atoms with Crippen LogP contribution in [0.15, 0.2) is 0 Å². The van der Waals surface area contributed by atoms with E-state index in [4.69, 9.17) is 9.47 Å². The van der Waals surface area contributed by atoms with Crippen molar-refractivity contribution in [1.82, 2.24) is 0 Å². The monoisotopic (exact) mass is 162 g/mol. The second kappa shape index (κ2) is 2.37. The van der Waals surface area contributed by atoms with Crippen LogP contribution in [0, 0.1) is 0 Å². The van der Waals surface area contributed by atoms with E-state index in [1.54, 1.807) is 18.9 Å². The maximum absolute atomic E-state index is 9.41. The molecule has 0 aromatic heterocycles. The van der Waals surface area contributed by atoms with Crippen LogP contribution < -0.4 is 0 Å². The SMILES string of the molecule is CO[C@@H]1O[C@@H]2CS[C@@H]2[C@H]1O. The second-order valence-corrected chi connectivity index (χ2v) is 3.78. The van der Waals surface area contributed by atoms with Crippen LogP contribution in [0.3, 0.4) is 0 Å². The second-order valence-electron chi connectivity index (χ2n) is 2.57. The molecule has 2 heterocycles. The molecule has 58 valence electrons. The van der Waals surface area contributed by atoms with Gasteiger partial charge < -0.3 is 14.6 Å². The predicted octanol–water partition coefficient (Wildman–Crippen LogP) is -0.166. The van der Waals surface area contributed by atoms with E-state index in [0.717, 1.165) is 5.75 Å². The Morgan fingerprint density at radius 2 is 2.50 bits per heavy atom.